The van der Waals surface area contributed by atoms with Gasteiger partial charge in [-0.2, -0.15) is 0 Å². The van der Waals surface area contributed by atoms with E-state index in [1.807, 2.05) is 0 Å². The van der Waals surface area contributed by atoms with Crippen molar-refractivity contribution < 1.29 is 9.69 Å². The van der Waals surface area contributed by atoms with Crippen molar-refractivity contribution in [3.05, 3.63) is 34.9 Å². The number of likely N-dealkylation sites (tertiary alicyclic amines) is 1. The molecule has 1 aliphatic heterocycles. The quantitative estimate of drug-likeness (QED) is 0.771. The smallest absolute Gasteiger partial charge is 0.251 e. The number of carbonyl (C=O) groups is 1. The van der Waals surface area contributed by atoms with E-state index in [0.717, 1.165) is 19.5 Å². The summed E-state index contributed by atoms with van der Waals surface area (Å²) >= 11 is 5.85. The Morgan fingerprint density at radius 2 is 2.11 bits per heavy atom. The lowest BCUT2D eigenvalue weighted by Crippen LogP contribution is -3.10. The van der Waals surface area contributed by atoms with Crippen molar-refractivity contribution in [1.29, 1.82) is 0 Å². The molecule has 0 aliphatic carbocycles. The van der Waals surface area contributed by atoms with Gasteiger partial charge in [0.25, 0.3) is 5.91 Å². The predicted octanol–water partition coefficient (Wildman–Crippen LogP) is 1.14. The van der Waals surface area contributed by atoms with E-state index < -0.39 is 0 Å². The maximum atomic E-state index is 11.8. The average Bonchev–Trinajstić information content (AvgIpc) is 2.87. The van der Waals surface area contributed by atoms with Gasteiger partial charge in [0.15, 0.2) is 0 Å². The highest BCUT2D eigenvalue weighted by Gasteiger charge is 2.14. The van der Waals surface area contributed by atoms with Crippen LogP contribution in [0.25, 0.3) is 0 Å². The van der Waals surface area contributed by atoms with E-state index in [-0.39, 0.29) is 5.91 Å². The molecule has 0 unspecified atom stereocenters. The van der Waals surface area contributed by atoms with Crippen molar-refractivity contribution in [2.24, 2.45) is 0 Å². The second-order valence-corrected chi connectivity index (χ2v) is 5.26. The molecule has 1 aromatic rings. The van der Waals surface area contributed by atoms with E-state index in [2.05, 4.69) is 5.32 Å². The van der Waals surface area contributed by atoms with Gasteiger partial charge in [-0.25, -0.2) is 0 Å². The number of halogens is 1. The fourth-order valence-corrected chi connectivity index (χ4v) is 2.59. The molecule has 1 fully saturated rings. The predicted molar refractivity (Wildman–Crippen MR) is 73.2 cm³/mol. The summed E-state index contributed by atoms with van der Waals surface area (Å²) in [5, 5.41) is 3.54. The van der Waals surface area contributed by atoms with Crippen LogP contribution in [0.4, 0.5) is 0 Å². The average molecular weight is 268 g/mol. The Morgan fingerprint density at radius 3 is 2.83 bits per heavy atom. The van der Waals surface area contributed by atoms with Gasteiger partial charge < -0.3 is 10.2 Å². The molecule has 18 heavy (non-hydrogen) atoms. The number of nitrogens with one attached hydrogen (secondary N) is 2. The number of rotatable bonds is 5. The first-order chi connectivity index (χ1) is 8.75. The third-order valence-corrected chi connectivity index (χ3v) is 3.63. The number of benzene rings is 1. The highest BCUT2D eigenvalue weighted by molar-refractivity contribution is 6.30. The third kappa shape index (κ3) is 4.00. The molecule has 0 aromatic heterocycles. The molecule has 0 radical (unpaired) electrons. The van der Waals surface area contributed by atoms with Gasteiger partial charge >= 0.3 is 0 Å². The second-order valence-electron chi connectivity index (χ2n) is 4.83. The monoisotopic (exact) mass is 267 g/mol. The number of amides is 1. The summed E-state index contributed by atoms with van der Waals surface area (Å²) in [6.45, 7) is 4.50. The molecule has 1 amide bonds. The fourth-order valence-electron chi connectivity index (χ4n) is 2.40. The van der Waals surface area contributed by atoms with Crippen LogP contribution in [0.2, 0.25) is 5.02 Å². The van der Waals surface area contributed by atoms with E-state index in [0.29, 0.717) is 10.6 Å². The maximum absolute atomic E-state index is 11.8. The zero-order valence-electron chi connectivity index (χ0n) is 10.5. The van der Waals surface area contributed by atoms with Crippen LogP contribution in [0.5, 0.6) is 0 Å². The Morgan fingerprint density at radius 1 is 1.33 bits per heavy atom. The van der Waals surface area contributed by atoms with E-state index in [4.69, 9.17) is 11.6 Å². The number of hydrogen-bond donors (Lipinski definition) is 2. The molecule has 1 saturated heterocycles. The number of hydrogen-bond acceptors (Lipinski definition) is 1. The Hall–Kier alpha value is -1.06. The van der Waals surface area contributed by atoms with Crippen molar-refractivity contribution in [3.8, 4) is 0 Å². The van der Waals surface area contributed by atoms with Crippen LogP contribution in [0.15, 0.2) is 24.3 Å². The Kier molecular flexibility index (Phi) is 5.02. The number of quaternary nitrogens is 1. The molecule has 2 rings (SSSR count). The standard InChI is InChI=1S/C14H19ClN2O/c15-13-6-3-5-12(11-13)14(18)16-7-4-10-17-8-1-2-9-17/h3,5-6,11H,1-2,4,7-10H2,(H,16,18)/p+1. The molecule has 98 valence electrons. The minimum Gasteiger partial charge on any atom is -0.352 e. The van der Waals surface area contributed by atoms with E-state index in [1.54, 1.807) is 29.2 Å². The summed E-state index contributed by atoms with van der Waals surface area (Å²) in [6, 6.07) is 7.05. The lowest BCUT2D eigenvalue weighted by atomic mass is 10.2. The highest BCUT2D eigenvalue weighted by atomic mass is 35.5. The van der Waals surface area contributed by atoms with Gasteiger partial charge in [-0.05, 0) is 18.2 Å². The van der Waals surface area contributed by atoms with Crippen LogP contribution >= 0.6 is 11.6 Å². The molecule has 0 atom stereocenters. The molecule has 4 heteroatoms. The van der Waals surface area contributed by atoms with Crippen LogP contribution in [0.3, 0.4) is 0 Å². The minimum atomic E-state index is -0.0334. The van der Waals surface area contributed by atoms with Gasteiger partial charge in [-0.15, -0.1) is 0 Å². The minimum absolute atomic E-state index is 0.0334. The summed E-state index contributed by atoms with van der Waals surface area (Å²) in [5.74, 6) is -0.0334. The zero-order chi connectivity index (χ0) is 12.8. The second kappa shape index (κ2) is 6.76. The van der Waals surface area contributed by atoms with Gasteiger partial charge in [0.2, 0.25) is 0 Å². The Labute approximate surface area is 113 Å². The summed E-state index contributed by atoms with van der Waals surface area (Å²) < 4.78 is 0. The van der Waals surface area contributed by atoms with Crippen molar-refractivity contribution in [3.63, 3.8) is 0 Å². The van der Waals surface area contributed by atoms with Crippen LogP contribution in [0.1, 0.15) is 29.6 Å². The zero-order valence-corrected chi connectivity index (χ0v) is 11.3. The van der Waals surface area contributed by atoms with Gasteiger partial charge in [0.05, 0.1) is 19.6 Å². The molecule has 0 spiro atoms. The highest BCUT2D eigenvalue weighted by Crippen LogP contribution is 2.10. The van der Waals surface area contributed by atoms with Crippen LogP contribution in [0, 0.1) is 0 Å². The maximum Gasteiger partial charge on any atom is 0.251 e. The fraction of sp³-hybridized carbons (Fsp3) is 0.500. The Balaban J connectivity index is 1.68. The SMILES string of the molecule is O=C(NCCC[NH+]1CCCC1)c1cccc(Cl)c1. The molecule has 1 aliphatic rings. The van der Waals surface area contributed by atoms with Crippen LogP contribution in [-0.2, 0) is 0 Å². The molecule has 3 nitrogen and oxygen atoms in total. The van der Waals surface area contributed by atoms with Crippen molar-refractivity contribution >= 4 is 17.5 Å². The normalized spacial score (nSPS) is 15.8. The summed E-state index contributed by atoms with van der Waals surface area (Å²) in [6.07, 6.45) is 3.75. The van der Waals surface area contributed by atoms with E-state index in [1.165, 1.54) is 25.9 Å². The number of carbonyl (C=O) groups excluding carboxylic acids is 1. The molecular formula is C14H20ClN2O+. The molecule has 1 heterocycles. The first-order valence-corrected chi connectivity index (χ1v) is 7.01. The van der Waals surface area contributed by atoms with Crippen molar-refractivity contribution in [2.75, 3.05) is 26.2 Å². The topological polar surface area (TPSA) is 33.5 Å². The molecular weight excluding hydrogens is 248 g/mol. The lowest BCUT2D eigenvalue weighted by Gasteiger charge is -2.12. The van der Waals surface area contributed by atoms with E-state index >= 15 is 0 Å². The van der Waals surface area contributed by atoms with Crippen LogP contribution in [-0.4, -0.2) is 32.1 Å². The first kappa shape index (κ1) is 13.4. The molecule has 2 N–H and O–H groups in total. The summed E-state index contributed by atoms with van der Waals surface area (Å²) in [4.78, 5) is 13.5. The van der Waals surface area contributed by atoms with Gasteiger partial charge in [0, 0.05) is 36.4 Å². The van der Waals surface area contributed by atoms with Crippen molar-refractivity contribution in [1.82, 2.24) is 5.32 Å². The first-order valence-electron chi connectivity index (χ1n) is 6.63. The van der Waals surface area contributed by atoms with Gasteiger partial charge in [-0.3, -0.25) is 4.79 Å². The van der Waals surface area contributed by atoms with Gasteiger partial charge in [0.1, 0.15) is 0 Å². The lowest BCUT2D eigenvalue weighted by molar-refractivity contribution is -0.887. The molecule has 0 saturated carbocycles. The van der Waals surface area contributed by atoms with Gasteiger partial charge in [-0.1, -0.05) is 17.7 Å². The van der Waals surface area contributed by atoms with Crippen LogP contribution < -0.4 is 10.2 Å². The summed E-state index contributed by atoms with van der Waals surface area (Å²) in [7, 11) is 0. The van der Waals surface area contributed by atoms with E-state index in [9.17, 15) is 4.79 Å². The third-order valence-electron chi connectivity index (χ3n) is 3.39. The Bertz CT molecular complexity index is 403. The van der Waals surface area contributed by atoms with Crippen molar-refractivity contribution in [2.45, 2.75) is 19.3 Å². The summed E-state index contributed by atoms with van der Waals surface area (Å²) in [5.41, 5.74) is 0.635. The molecule has 1 aromatic carbocycles. The largest absolute Gasteiger partial charge is 0.352 e. The molecule has 0 bridgehead atoms.